The molecule has 210 valence electrons. The van der Waals surface area contributed by atoms with Crippen LogP contribution in [0.25, 0.3) is 0 Å². The molecule has 1 aliphatic heterocycles. The molecule has 3 N–H and O–H groups in total. The van der Waals surface area contributed by atoms with Crippen molar-refractivity contribution >= 4 is 23.7 Å². The number of likely N-dealkylation sites (tertiary alicyclic amines) is 1. The lowest BCUT2D eigenvalue weighted by atomic mass is 9.83. The molecule has 0 aromatic carbocycles. The second-order valence-electron chi connectivity index (χ2n) is 9.91. The van der Waals surface area contributed by atoms with E-state index < -0.39 is 41.8 Å². The van der Waals surface area contributed by atoms with Crippen molar-refractivity contribution in [3.8, 4) is 12.8 Å². The second kappa shape index (κ2) is 17.1. The average molecular weight is 530 g/mol. The highest BCUT2D eigenvalue weighted by atomic mass is 16.4. The lowest BCUT2D eigenvalue weighted by Gasteiger charge is -2.33. The Labute approximate surface area is 226 Å². The number of carboxylic acids is 1. The predicted molar refractivity (Wildman–Crippen MR) is 145 cm³/mol. The third-order valence-corrected chi connectivity index (χ3v) is 6.54. The number of carbonyl (C=O) groups is 4. The molecule has 0 bridgehead atoms. The molecule has 1 aromatic rings. The number of aliphatic carboxylic acids is 1. The summed E-state index contributed by atoms with van der Waals surface area (Å²) in [4.78, 5) is 60.2. The largest absolute Gasteiger partial charge is 0.480 e. The van der Waals surface area contributed by atoms with Crippen molar-refractivity contribution in [1.82, 2.24) is 25.5 Å². The maximum absolute atomic E-state index is 13.4. The van der Waals surface area contributed by atoms with Crippen LogP contribution >= 0.6 is 0 Å². The standard InChI is InChI=1S/C23H33N5O5.C3H8.C2H2/c1-14(2)18(22(31)28-12-6-9-17(28)23(32)33)26-21(30)19(15-7-4-3-5-8-15)27-20(29)16-13-24-10-11-25-16;1-3-2;1-2/h10-11,13-15,17-19H,3-9,12H2,1-2H3,(H,26,30)(H,27,29)(H,32,33);3H2,1-2H3;1-2H/t17-,18-,19-;;/m0../s1. The quantitative estimate of drug-likeness (QED) is 0.440. The van der Waals surface area contributed by atoms with Gasteiger partial charge in [0.1, 0.15) is 23.8 Å². The van der Waals surface area contributed by atoms with E-state index in [0.29, 0.717) is 19.4 Å². The normalized spacial score (nSPS) is 18.6. The van der Waals surface area contributed by atoms with Gasteiger partial charge in [0.25, 0.3) is 5.91 Å². The van der Waals surface area contributed by atoms with E-state index in [4.69, 9.17) is 0 Å². The van der Waals surface area contributed by atoms with Gasteiger partial charge in [0.2, 0.25) is 11.8 Å². The number of nitrogens with one attached hydrogen (secondary N) is 2. The lowest BCUT2D eigenvalue weighted by molar-refractivity contribution is -0.150. The summed E-state index contributed by atoms with van der Waals surface area (Å²) in [6.07, 6.45) is 19.1. The first-order valence-electron chi connectivity index (χ1n) is 13.4. The topological polar surface area (TPSA) is 142 Å². The van der Waals surface area contributed by atoms with E-state index in [-0.39, 0.29) is 17.5 Å². The van der Waals surface area contributed by atoms with E-state index in [9.17, 15) is 24.3 Å². The SMILES string of the molecule is C#C.CC(C)[C@H](NC(=O)[C@@H](NC(=O)c1cnccn1)C1CCCCC1)C(=O)N1CCC[C@H]1C(=O)O.CCC. The number of hydrogen-bond donors (Lipinski definition) is 3. The van der Waals surface area contributed by atoms with Gasteiger partial charge in [-0.05, 0) is 37.5 Å². The molecule has 0 radical (unpaired) electrons. The minimum atomic E-state index is -1.04. The van der Waals surface area contributed by atoms with Crippen LogP contribution in [0, 0.1) is 24.7 Å². The van der Waals surface area contributed by atoms with Crippen LogP contribution in [0.3, 0.4) is 0 Å². The van der Waals surface area contributed by atoms with Gasteiger partial charge in [0.15, 0.2) is 0 Å². The van der Waals surface area contributed by atoms with E-state index in [1.54, 1.807) is 0 Å². The van der Waals surface area contributed by atoms with Crippen LogP contribution < -0.4 is 10.6 Å². The van der Waals surface area contributed by atoms with Crippen molar-refractivity contribution in [2.75, 3.05) is 6.54 Å². The number of hydrogen-bond acceptors (Lipinski definition) is 6. The van der Waals surface area contributed by atoms with E-state index in [2.05, 4.69) is 47.3 Å². The van der Waals surface area contributed by atoms with Crippen LogP contribution in [-0.4, -0.2) is 68.3 Å². The molecule has 2 aliphatic rings. The monoisotopic (exact) mass is 529 g/mol. The summed E-state index contributed by atoms with van der Waals surface area (Å²) >= 11 is 0. The molecule has 1 aromatic heterocycles. The Morgan fingerprint density at radius 3 is 2.18 bits per heavy atom. The first-order valence-corrected chi connectivity index (χ1v) is 13.4. The van der Waals surface area contributed by atoms with Gasteiger partial charge in [-0.2, -0.15) is 0 Å². The van der Waals surface area contributed by atoms with Crippen molar-refractivity contribution in [1.29, 1.82) is 0 Å². The van der Waals surface area contributed by atoms with Gasteiger partial charge >= 0.3 is 5.97 Å². The molecule has 38 heavy (non-hydrogen) atoms. The zero-order valence-electron chi connectivity index (χ0n) is 23.1. The van der Waals surface area contributed by atoms with Crippen LogP contribution in [0.1, 0.15) is 89.5 Å². The maximum Gasteiger partial charge on any atom is 0.326 e. The Morgan fingerprint density at radius 2 is 1.66 bits per heavy atom. The summed E-state index contributed by atoms with van der Waals surface area (Å²) in [5.74, 6) is -2.67. The summed E-state index contributed by atoms with van der Waals surface area (Å²) < 4.78 is 0. The number of nitrogens with zero attached hydrogens (tertiary/aromatic N) is 3. The maximum atomic E-state index is 13.4. The van der Waals surface area contributed by atoms with Crippen LogP contribution in [-0.2, 0) is 14.4 Å². The van der Waals surface area contributed by atoms with E-state index in [1.807, 2.05) is 13.8 Å². The van der Waals surface area contributed by atoms with Gasteiger partial charge in [-0.3, -0.25) is 19.4 Å². The number of carboxylic acid groups (broad SMARTS) is 1. The smallest absolute Gasteiger partial charge is 0.326 e. The molecule has 3 amide bonds. The summed E-state index contributed by atoms with van der Waals surface area (Å²) in [5.41, 5.74) is 0.115. The Balaban J connectivity index is 0.00000135. The van der Waals surface area contributed by atoms with E-state index >= 15 is 0 Å². The number of amides is 3. The van der Waals surface area contributed by atoms with Crippen LogP contribution in [0.15, 0.2) is 18.6 Å². The highest BCUT2D eigenvalue weighted by Gasteiger charge is 2.40. The lowest BCUT2D eigenvalue weighted by Crippen LogP contribution is -2.59. The Hall–Kier alpha value is -3.48. The third kappa shape index (κ3) is 9.43. The van der Waals surface area contributed by atoms with E-state index in [0.717, 1.165) is 32.1 Å². The molecule has 1 saturated carbocycles. The fraction of sp³-hybridized carbons (Fsp3) is 0.643. The Bertz CT molecular complexity index is 915. The van der Waals surface area contributed by atoms with Crippen molar-refractivity contribution < 1.29 is 24.3 Å². The number of rotatable bonds is 8. The number of aromatic nitrogens is 2. The Kier molecular flexibility index (Phi) is 14.7. The van der Waals surface area contributed by atoms with Gasteiger partial charge in [-0.1, -0.05) is 53.4 Å². The molecule has 2 heterocycles. The highest BCUT2D eigenvalue weighted by Crippen LogP contribution is 2.27. The molecule has 10 nitrogen and oxygen atoms in total. The van der Waals surface area contributed by atoms with Crippen LogP contribution in [0.2, 0.25) is 0 Å². The van der Waals surface area contributed by atoms with Gasteiger partial charge in [0, 0.05) is 18.9 Å². The molecule has 2 fully saturated rings. The zero-order chi connectivity index (χ0) is 28.7. The molecular weight excluding hydrogens is 486 g/mol. The average Bonchev–Trinajstić information content (AvgIpc) is 3.43. The summed E-state index contributed by atoms with van der Waals surface area (Å²) in [5, 5.41) is 15.1. The number of carbonyl (C=O) groups excluding carboxylic acids is 3. The second-order valence-corrected chi connectivity index (χ2v) is 9.91. The van der Waals surface area contributed by atoms with Gasteiger partial charge in [-0.25, -0.2) is 9.78 Å². The van der Waals surface area contributed by atoms with Gasteiger partial charge < -0.3 is 20.6 Å². The van der Waals surface area contributed by atoms with Gasteiger partial charge in [-0.15, -0.1) is 12.8 Å². The number of terminal acetylenes is 1. The zero-order valence-corrected chi connectivity index (χ0v) is 23.1. The third-order valence-electron chi connectivity index (χ3n) is 6.54. The molecule has 1 saturated heterocycles. The van der Waals surface area contributed by atoms with Crippen molar-refractivity contribution in [3.63, 3.8) is 0 Å². The molecule has 3 rings (SSSR count). The summed E-state index contributed by atoms with van der Waals surface area (Å²) in [6.45, 7) is 8.22. The first kappa shape index (κ1) is 32.5. The summed E-state index contributed by atoms with van der Waals surface area (Å²) in [7, 11) is 0. The fourth-order valence-corrected chi connectivity index (χ4v) is 4.72. The molecule has 1 aliphatic carbocycles. The summed E-state index contributed by atoms with van der Waals surface area (Å²) in [6, 6.07) is -2.57. The van der Waals surface area contributed by atoms with Crippen LogP contribution in [0.4, 0.5) is 0 Å². The van der Waals surface area contributed by atoms with Crippen molar-refractivity contribution in [2.45, 2.75) is 97.2 Å². The highest BCUT2D eigenvalue weighted by molar-refractivity contribution is 5.97. The Morgan fingerprint density at radius 1 is 1.03 bits per heavy atom. The molecule has 3 atom stereocenters. The van der Waals surface area contributed by atoms with Gasteiger partial charge in [0.05, 0.1) is 6.20 Å². The van der Waals surface area contributed by atoms with Crippen molar-refractivity contribution in [3.05, 3.63) is 24.3 Å². The molecule has 10 heteroatoms. The molecule has 0 spiro atoms. The molecule has 0 unspecified atom stereocenters. The first-order chi connectivity index (χ1) is 18.2. The fourth-order valence-electron chi connectivity index (χ4n) is 4.72. The van der Waals surface area contributed by atoms with Crippen molar-refractivity contribution in [2.24, 2.45) is 11.8 Å². The minimum Gasteiger partial charge on any atom is -0.480 e. The minimum absolute atomic E-state index is 0.0548. The molecular formula is C28H43N5O5. The predicted octanol–water partition coefficient (Wildman–Crippen LogP) is 3.04. The van der Waals surface area contributed by atoms with Crippen LogP contribution in [0.5, 0.6) is 0 Å². The van der Waals surface area contributed by atoms with E-state index in [1.165, 1.54) is 29.9 Å².